The van der Waals surface area contributed by atoms with E-state index in [1.807, 2.05) is 17.5 Å². The van der Waals surface area contributed by atoms with Crippen molar-refractivity contribution in [1.82, 2.24) is 10.3 Å². The Bertz CT molecular complexity index is 297. The Morgan fingerprint density at radius 1 is 1.53 bits per heavy atom. The molecule has 1 heterocycles. The van der Waals surface area contributed by atoms with Gasteiger partial charge in [-0.25, -0.2) is 4.98 Å². The van der Waals surface area contributed by atoms with E-state index in [4.69, 9.17) is 5.11 Å². The molecule has 1 saturated carbocycles. The fraction of sp³-hybridized carbons (Fsp3) is 0.727. The summed E-state index contributed by atoms with van der Waals surface area (Å²) >= 11 is 1.84. The highest BCUT2D eigenvalue weighted by atomic mass is 32.1. The smallest absolute Gasteiger partial charge is 0.0959 e. The summed E-state index contributed by atoms with van der Waals surface area (Å²) in [5.41, 5.74) is 0. The van der Waals surface area contributed by atoms with Crippen molar-refractivity contribution >= 4 is 11.3 Å². The average molecular weight is 226 g/mol. The van der Waals surface area contributed by atoms with Crippen LogP contribution in [0.5, 0.6) is 0 Å². The number of rotatable bonds is 6. The van der Waals surface area contributed by atoms with Gasteiger partial charge < -0.3 is 10.4 Å². The number of hydrogen-bond donors (Lipinski definition) is 2. The Labute approximate surface area is 94.5 Å². The lowest BCUT2D eigenvalue weighted by Gasteiger charge is -2.22. The van der Waals surface area contributed by atoms with E-state index in [0.29, 0.717) is 0 Å². The van der Waals surface area contributed by atoms with E-state index in [1.165, 1.54) is 29.1 Å². The van der Waals surface area contributed by atoms with Crippen molar-refractivity contribution in [2.45, 2.75) is 38.1 Å². The molecule has 0 radical (unpaired) electrons. The van der Waals surface area contributed by atoms with Gasteiger partial charge in [0.25, 0.3) is 0 Å². The lowest BCUT2D eigenvalue weighted by molar-refractivity contribution is 0.286. The van der Waals surface area contributed by atoms with Crippen LogP contribution in [-0.2, 0) is 6.54 Å². The molecule has 1 aromatic heterocycles. The van der Waals surface area contributed by atoms with Gasteiger partial charge in [-0.2, -0.15) is 0 Å². The Morgan fingerprint density at radius 3 is 3.07 bits per heavy atom. The van der Waals surface area contributed by atoms with Gasteiger partial charge in [0.15, 0.2) is 0 Å². The molecule has 2 N–H and O–H groups in total. The topological polar surface area (TPSA) is 45.1 Å². The molecule has 0 bridgehead atoms. The number of nitrogens with zero attached hydrogens (tertiary/aromatic N) is 1. The predicted octanol–water partition coefficient (Wildman–Crippen LogP) is 1.88. The van der Waals surface area contributed by atoms with E-state index >= 15 is 0 Å². The maximum absolute atomic E-state index is 8.63. The molecule has 2 rings (SSSR count). The van der Waals surface area contributed by atoms with Crippen LogP contribution in [0.25, 0.3) is 0 Å². The van der Waals surface area contributed by atoms with E-state index < -0.39 is 0 Å². The maximum Gasteiger partial charge on any atom is 0.0959 e. The minimum absolute atomic E-state index is 0.267. The molecule has 0 aliphatic heterocycles. The second-order valence-electron chi connectivity index (χ2n) is 4.05. The van der Waals surface area contributed by atoms with Crippen molar-refractivity contribution in [3.63, 3.8) is 0 Å². The van der Waals surface area contributed by atoms with Crippen molar-refractivity contribution in [3.8, 4) is 0 Å². The van der Waals surface area contributed by atoms with Gasteiger partial charge in [0.2, 0.25) is 0 Å². The summed E-state index contributed by atoms with van der Waals surface area (Å²) in [7, 11) is 0. The number of aliphatic hydroxyl groups is 1. The summed E-state index contributed by atoms with van der Waals surface area (Å²) < 4.78 is 0. The number of aromatic nitrogens is 1. The summed E-state index contributed by atoms with van der Waals surface area (Å²) in [5, 5.41) is 13.3. The molecule has 0 aromatic carbocycles. The molecule has 84 valence electrons. The Kier molecular flexibility index (Phi) is 4.11. The van der Waals surface area contributed by atoms with Crippen LogP contribution in [0.15, 0.2) is 6.20 Å². The van der Waals surface area contributed by atoms with E-state index in [-0.39, 0.29) is 6.61 Å². The van der Waals surface area contributed by atoms with Gasteiger partial charge in [-0.15, -0.1) is 11.3 Å². The van der Waals surface area contributed by atoms with Crippen LogP contribution in [0.1, 0.15) is 41.5 Å². The fourth-order valence-corrected chi connectivity index (χ4v) is 2.72. The number of hydrogen-bond acceptors (Lipinski definition) is 4. The number of thiazole rings is 1. The first-order valence-electron chi connectivity index (χ1n) is 5.66. The summed E-state index contributed by atoms with van der Waals surface area (Å²) in [6.07, 6.45) is 6.84. The largest absolute Gasteiger partial charge is 0.396 e. The molecule has 4 heteroatoms. The Hall–Kier alpha value is -0.450. The van der Waals surface area contributed by atoms with Crippen molar-refractivity contribution < 1.29 is 5.11 Å². The highest BCUT2D eigenvalue weighted by Crippen LogP contribution is 2.38. The van der Waals surface area contributed by atoms with Crippen molar-refractivity contribution in [1.29, 1.82) is 0 Å². The van der Waals surface area contributed by atoms with Crippen LogP contribution in [0.4, 0.5) is 0 Å². The van der Waals surface area contributed by atoms with Gasteiger partial charge >= 0.3 is 0 Å². The third kappa shape index (κ3) is 3.00. The molecular weight excluding hydrogens is 208 g/mol. The standard InChI is InChI=1S/C11H18N2OS/c14-6-2-5-12-7-10-8-13-11(15-10)9-3-1-4-9/h8-9,12,14H,1-7H2. The lowest BCUT2D eigenvalue weighted by Crippen LogP contribution is -2.14. The zero-order valence-electron chi connectivity index (χ0n) is 8.91. The van der Waals surface area contributed by atoms with Crippen LogP contribution in [0.3, 0.4) is 0 Å². The van der Waals surface area contributed by atoms with Crippen LogP contribution in [0.2, 0.25) is 0 Å². The van der Waals surface area contributed by atoms with Crippen molar-refractivity contribution in [2.75, 3.05) is 13.2 Å². The maximum atomic E-state index is 8.63. The molecular formula is C11H18N2OS. The van der Waals surface area contributed by atoms with Crippen molar-refractivity contribution in [2.24, 2.45) is 0 Å². The molecule has 0 spiro atoms. The van der Waals surface area contributed by atoms with E-state index in [2.05, 4.69) is 10.3 Å². The molecule has 1 aliphatic rings. The lowest BCUT2D eigenvalue weighted by atomic mass is 9.86. The highest BCUT2D eigenvalue weighted by Gasteiger charge is 2.22. The van der Waals surface area contributed by atoms with Crippen LogP contribution in [-0.4, -0.2) is 23.2 Å². The summed E-state index contributed by atoms with van der Waals surface area (Å²) in [6, 6.07) is 0. The molecule has 0 amide bonds. The summed E-state index contributed by atoms with van der Waals surface area (Å²) in [5.74, 6) is 0.751. The van der Waals surface area contributed by atoms with Crippen LogP contribution in [0, 0.1) is 0 Å². The molecule has 0 atom stereocenters. The van der Waals surface area contributed by atoms with Gasteiger partial charge in [0, 0.05) is 30.1 Å². The van der Waals surface area contributed by atoms with Crippen LogP contribution >= 0.6 is 11.3 Å². The summed E-state index contributed by atoms with van der Waals surface area (Å²) in [6.45, 7) is 2.04. The zero-order valence-corrected chi connectivity index (χ0v) is 9.72. The van der Waals surface area contributed by atoms with E-state index in [0.717, 1.165) is 25.4 Å². The highest BCUT2D eigenvalue weighted by molar-refractivity contribution is 7.11. The minimum Gasteiger partial charge on any atom is -0.396 e. The Morgan fingerprint density at radius 2 is 2.40 bits per heavy atom. The molecule has 1 aromatic rings. The first-order valence-corrected chi connectivity index (χ1v) is 6.48. The number of aliphatic hydroxyl groups excluding tert-OH is 1. The van der Waals surface area contributed by atoms with Gasteiger partial charge in [-0.1, -0.05) is 6.42 Å². The second kappa shape index (κ2) is 5.58. The first kappa shape index (κ1) is 11.0. The van der Waals surface area contributed by atoms with Crippen LogP contribution < -0.4 is 5.32 Å². The van der Waals surface area contributed by atoms with Gasteiger partial charge in [-0.3, -0.25) is 0 Å². The van der Waals surface area contributed by atoms with Gasteiger partial charge in [0.1, 0.15) is 0 Å². The van der Waals surface area contributed by atoms with E-state index in [1.54, 1.807) is 0 Å². The average Bonchev–Trinajstić information content (AvgIpc) is 2.58. The summed E-state index contributed by atoms with van der Waals surface area (Å²) in [4.78, 5) is 5.78. The molecule has 3 nitrogen and oxygen atoms in total. The third-order valence-electron chi connectivity index (χ3n) is 2.84. The molecule has 1 aliphatic carbocycles. The van der Waals surface area contributed by atoms with Gasteiger partial charge in [0.05, 0.1) is 5.01 Å². The Balaban J connectivity index is 1.74. The first-order chi connectivity index (χ1) is 7.40. The van der Waals surface area contributed by atoms with E-state index in [9.17, 15) is 0 Å². The molecule has 0 unspecified atom stereocenters. The minimum atomic E-state index is 0.267. The third-order valence-corrected chi connectivity index (χ3v) is 4.00. The monoisotopic (exact) mass is 226 g/mol. The molecule has 15 heavy (non-hydrogen) atoms. The van der Waals surface area contributed by atoms with Crippen molar-refractivity contribution in [3.05, 3.63) is 16.1 Å². The fourth-order valence-electron chi connectivity index (χ4n) is 1.66. The molecule has 1 fully saturated rings. The predicted molar refractivity (Wildman–Crippen MR) is 62.1 cm³/mol. The van der Waals surface area contributed by atoms with Gasteiger partial charge in [-0.05, 0) is 25.8 Å². The zero-order chi connectivity index (χ0) is 10.5. The SMILES string of the molecule is OCCCNCc1cnc(C2CCC2)s1. The quantitative estimate of drug-likeness (QED) is 0.728. The molecule has 0 saturated heterocycles. The second-order valence-corrected chi connectivity index (χ2v) is 5.19. The normalized spacial score (nSPS) is 16.6. The number of nitrogens with one attached hydrogen (secondary N) is 1.